The summed E-state index contributed by atoms with van der Waals surface area (Å²) in [5.74, 6) is -0.141. The molecule has 0 aliphatic carbocycles. The summed E-state index contributed by atoms with van der Waals surface area (Å²) in [6.45, 7) is 5.79. The highest BCUT2D eigenvalue weighted by Gasteiger charge is 2.23. The van der Waals surface area contributed by atoms with Crippen LogP contribution in [0.2, 0.25) is 0 Å². The lowest BCUT2D eigenvalue weighted by atomic mass is 9.94. The van der Waals surface area contributed by atoms with E-state index in [1.165, 1.54) is 12.3 Å². The monoisotopic (exact) mass is 252 g/mol. The molecule has 0 spiro atoms. The highest BCUT2D eigenvalue weighted by atomic mass is 16.3. The second kappa shape index (κ2) is 5.82. The normalized spacial score (nSPS) is 14.3. The summed E-state index contributed by atoms with van der Waals surface area (Å²) in [4.78, 5) is 25.6. The molecule has 1 rings (SSSR count). The first kappa shape index (κ1) is 14.4. The van der Waals surface area contributed by atoms with Crippen molar-refractivity contribution in [2.75, 3.05) is 6.54 Å². The molecule has 0 saturated heterocycles. The molecule has 1 heterocycles. The molecule has 18 heavy (non-hydrogen) atoms. The number of aromatic nitrogens is 1. The molecular weight excluding hydrogens is 232 g/mol. The van der Waals surface area contributed by atoms with Gasteiger partial charge in [0.15, 0.2) is 0 Å². The lowest BCUT2D eigenvalue weighted by molar-refractivity contribution is 0.0368. The van der Waals surface area contributed by atoms with Crippen molar-refractivity contribution in [3.63, 3.8) is 0 Å². The van der Waals surface area contributed by atoms with Crippen LogP contribution in [0.15, 0.2) is 23.1 Å². The molecule has 1 unspecified atom stereocenters. The van der Waals surface area contributed by atoms with Gasteiger partial charge in [-0.05, 0) is 31.4 Å². The van der Waals surface area contributed by atoms with Crippen LogP contribution < -0.4 is 10.9 Å². The number of rotatable bonds is 5. The number of nitrogens with one attached hydrogen (secondary N) is 2. The van der Waals surface area contributed by atoms with Gasteiger partial charge in [-0.3, -0.25) is 9.59 Å². The Balaban J connectivity index is 2.62. The Morgan fingerprint density at radius 1 is 1.56 bits per heavy atom. The fourth-order valence-electron chi connectivity index (χ4n) is 1.92. The quantitative estimate of drug-likeness (QED) is 0.728. The zero-order valence-corrected chi connectivity index (χ0v) is 11.0. The van der Waals surface area contributed by atoms with Gasteiger partial charge in [-0.2, -0.15) is 0 Å². The molecule has 0 saturated carbocycles. The van der Waals surface area contributed by atoms with E-state index in [0.29, 0.717) is 12.3 Å². The number of pyridine rings is 1. The van der Waals surface area contributed by atoms with Crippen molar-refractivity contribution in [2.45, 2.75) is 32.8 Å². The van der Waals surface area contributed by atoms with Gasteiger partial charge in [0, 0.05) is 12.7 Å². The fraction of sp³-hybridized carbons (Fsp3) is 0.538. The molecule has 5 heteroatoms. The molecular formula is C13H20N2O3. The highest BCUT2D eigenvalue weighted by Crippen LogP contribution is 2.15. The Bertz CT molecular complexity index is 463. The fourth-order valence-corrected chi connectivity index (χ4v) is 1.92. The van der Waals surface area contributed by atoms with Crippen LogP contribution in [0.25, 0.3) is 0 Å². The van der Waals surface area contributed by atoms with Crippen LogP contribution in [-0.2, 0) is 0 Å². The number of aliphatic hydroxyl groups is 1. The maximum Gasteiger partial charge on any atom is 0.260 e. The SMILES string of the molecule is CC(C)CC(C)(O)CNC(=O)c1ccc[nH]c1=O. The van der Waals surface area contributed by atoms with Crippen molar-refractivity contribution >= 4 is 5.91 Å². The van der Waals surface area contributed by atoms with Gasteiger partial charge in [0.1, 0.15) is 5.56 Å². The second-order valence-corrected chi connectivity index (χ2v) is 5.19. The van der Waals surface area contributed by atoms with Gasteiger partial charge < -0.3 is 15.4 Å². The number of amides is 1. The molecule has 0 radical (unpaired) electrons. The Labute approximate surface area is 106 Å². The van der Waals surface area contributed by atoms with Gasteiger partial charge in [0.25, 0.3) is 11.5 Å². The zero-order valence-electron chi connectivity index (χ0n) is 11.0. The van der Waals surface area contributed by atoms with Crippen molar-refractivity contribution in [3.8, 4) is 0 Å². The van der Waals surface area contributed by atoms with Gasteiger partial charge in [-0.25, -0.2) is 0 Å². The van der Waals surface area contributed by atoms with Gasteiger partial charge in [0.2, 0.25) is 0 Å². The van der Waals surface area contributed by atoms with Crippen LogP contribution in [0.5, 0.6) is 0 Å². The Morgan fingerprint density at radius 3 is 2.78 bits per heavy atom. The lowest BCUT2D eigenvalue weighted by Crippen LogP contribution is -2.42. The maximum atomic E-state index is 11.8. The summed E-state index contributed by atoms with van der Waals surface area (Å²) in [5, 5.41) is 12.6. The van der Waals surface area contributed by atoms with E-state index < -0.39 is 17.1 Å². The molecule has 1 aromatic rings. The van der Waals surface area contributed by atoms with Crippen LogP contribution in [0.4, 0.5) is 0 Å². The number of hydrogen-bond donors (Lipinski definition) is 3. The number of carbonyl (C=O) groups excluding carboxylic acids is 1. The third-order valence-electron chi connectivity index (χ3n) is 2.54. The van der Waals surface area contributed by atoms with E-state index in [-0.39, 0.29) is 12.1 Å². The second-order valence-electron chi connectivity index (χ2n) is 5.19. The standard InChI is InChI=1S/C13H20N2O3/c1-9(2)7-13(3,18)8-15-12(17)10-5-4-6-14-11(10)16/h4-6,9,18H,7-8H2,1-3H3,(H,14,16)(H,15,17). The predicted molar refractivity (Wildman–Crippen MR) is 69.5 cm³/mol. The topological polar surface area (TPSA) is 82.2 Å². The highest BCUT2D eigenvalue weighted by molar-refractivity contribution is 5.93. The molecule has 3 N–H and O–H groups in total. The molecule has 0 aliphatic heterocycles. The molecule has 0 aromatic carbocycles. The summed E-state index contributed by atoms with van der Waals surface area (Å²) in [6, 6.07) is 3.04. The molecule has 5 nitrogen and oxygen atoms in total. The van der Waals surface area contributed by atoms with E-state index in [0.717, 1.165) is 0 Å². The molecule has 1 atom stereocenters. The smallest absolute Gasteiger partial charge is 0.260 e. The maximum absolute atomic E-state index is 11.8. The van der Waals surface area contributed by atoms with Crippen LogP contribution in [0.1, 0.15) is 37.6 Å². The number of H-pyrrole nitrogens is 1. The van der Waals surface area contributed by atoms with Gasteiger partial charge >= 0.3 is 0 Å². The summed E-state index contributed by atoms with van der Waals surface area (Å²) >= 11 is 0. The Hall–Kier alpha value is -1.62. The molecule has 0 fully saturated rings. The minimum atomic E-state index is -0.967. The van der Waals surface area contributed by atoms with E-state index in [1.54, 1.807) is 13.0 Å². The predicted octanol–water partition coefficient (Wildman–Crippen LogP) is 0.902. The first-order chi connectivity index (χ1) is 8.32. The van der Waals surface area contributed by atoms with E-state index >= 15 is 0 Å². The van der Waals surface area contributed by atoms with E-state index in [9.17, 15) is 14.7 Å². The third kappa shape index (κ3) is 4.33. The average Bonchev–Trinajstić information content (AvgIpc) is 2.25. The first-order valence-electron chi connectivity index (χ1n) is 6.00. The largest absolute Gasteiger partial charge is 0.388 e. The van der Waals surface area contributed by atoms with Crippen LogP contribution in [0, 0.1) is 5.92 Å². The van der Waals surface area contributed by atoms with Crippen LogP contribution in [0.3, 0.4) is 0 Å². The van der Waals surface area contributed by atoms with Crippen molar-refractivity contribution in [1.82, 2.24) is 10.3 Å². The minimum absolute atomic E-state index is 0.0536. The molecule has 0 bridgehead atoms. The van der Waals surface area contributed by atoms with Gasteiger partial charge in [0.05, 0.1) is 5.60 Å². The van der Waals surface area contributed by atoms with Crippen molar-refractivity contribution in [2.24, 2.45) is 5.92 Å². The van der Waals surface area contributed by atoms with Crippen molar-refractivity contribution in [1.29, 1.82) is 0 Å². The zero-order chi connectivity index (χ0) is 13.8. The molecule has 0 aliphatic rings. The summed E-state index contributed by atoms with van der Waals surface area (Å²) in [5.41, 5.74) is -1.35. The molecule has 1 amide bonds. The third-order valence-corrected chi connectivity index (χ3v) is 2.54. The Kier molecular flexibility index (Phi) is 4.67. The Morgan fingerprint density at radius 2 is 2.22 bits per heavy atom. The molecule has 100 valence electrons. The van der Waals surface area contributed by atoms with Gasteiger partial charge in [-0.1, -0.05) is 13.8 Å². The van der Waals surface area contributed by atoms with E-state index in [2.05, 4.69) is 10.3 Å². The average molecular weight is 252 g/mol. The first-order valence-corrected chi connectivity index (χ1v) is 6.00. The van der Waals surface area contributed by atoms with Crippen LogP contribution >= 0.6 is 0 Å². The number of hydrogen-bond acceptors (Lipinski definition) is 3. The van der Waals surface area contributed by atoms with E-state index in [1.807, 2.05) is 13.8 Å². The van der Waals surface area contributed by atoms with Crippen LogP contribution in [-0.4, -0.2) is 28.1 Å². The van der Waals surface area contributed by atoms with Crippen molar-refractivity contribution in [3.05, 3.63) is 34.2 Å². The summed E-state index contributed by atoms with van der Waals surface area (Å²) in [7, 11) is 0. The van der Waals surface area contributed by atoms with Crippen molar-refractivity contribution < 1.29 is 9.90 Å². The lowest BCUT2D eigenvalue weighted by Gasteiger charge is -2.25. The number of aromatic amines is 1. The van der Waals surface area contributed by atoms with Gasteiger partial charge in [-0.15, -0.1) is 0 Å². The minimum Gasteiger partial charge on any atom is -0.388 e. The molecule has 1 aromatic heterocycles. The number of carbonyl (C=O) groups is 1. The summed E-state index contributed by atoms with van der Waals surface area (Å²) in [6.07, 6.45) is 2.05. The van der Waals surface area contributed by atoms with E-state index in [4.69, 9.17) is 0 Å². The summed E-state index contributed by atoms with van der Waals surface area (Å²) < 4.78 is 0.